The largest absolute Gasteiger partial charge is 0.244 e. The second-order valence-corrected chi connectivity index (χ2v) is 8.00. The monoisotopic (exact) mass is 307 g/mol. The van der Waals surface area contributed by atoms with Gasteiger partial charge in [-0.25, -0.2) is 8.42 Å². The summed E-state index contributed by atoms with van der Waals surface area (Å²) in [6.45, 7) is 5.26. The first kappa shape index (κ1) is 14.3. The van der Waals surface area contributed by atoms with Gasteiger partial charge in [-0.15, -0.1) is 22.9 Å². The number of hydrogen-bond acceptors (Lipinski definition) is 3. The van der Waals surface area contributed by atoms with Crippen molar-refractivity contribution >= 4 is 33.0 Å². The molecule has 1 aromatic heterocycles. The van der Waals surface area contributed by atoms with Crippen LogP contribution >= 0.6 is 22.9 Å². The number of piperidine rings is 1. The second-order valence-electron chi connectivity index (χ2n) is 4.89. The Balaban J connectivity index is 2.33. The van der Waals surface area contributed by atoms with Crippen LogP contribution in [0.3, 0.4) is 0 Å². The fraction of sp³-hybridized carbons (Fsp3) is 0.667. The maximum absolute atomic E-state index is 12.6. The van der Waals surface area contributed by atoms with Crippen molar-refractivity contribution in [1.29, 1.82) is 0 Å². The molecule has 1 aromatic rings. The van der Waals surface area contributed by atoms with E-state index < -0.39 is 10.0 Å². The Morgan fingerprint density at radius 2 is 2.06 bits per heavy atom. The molecule has 2 heterocycles. The van der Waals surface area contributed by atoms with Crippen LogP contribution in [0.1, 0.15) is 30.2 Å². The fourth-order valence-electron chi connectivity index (χ4n) is 2.28. The lowest BCUT2D eigenvalue weighted by Crippen LogP contribution is -2.38. The van der Waals surface area contributed by atoms with Crippen LogP contribution in [-0.4, -0.2) is 25.8 Å². The van der Waals surface area contributed by atoms with E-state index in [2.05, 4.69) is 6.92 Å². The zero-order chi connectivity index (χ0) is 13.3. The van der Waals surface area contributed by atoms with Gasteiger partial charge < -0.3 is 0 Å². The molecule has 0 saturated carbocycles. The summed E-state index contributed by atoms with van der Waals surface area (Å²) in [6, 6.07) is 0. The molecular weight excluding hydrogens is 290 g/mol. The third-order valence-corrected chi connectivity index (χ3v) is 7.24. The maximum Gasteiger partial charge on any atom is 0.244 e. The molecule has 0 unspecified atom stereocenters. The smallest absolute Gasteiger partial charge is 0.207 e. The number of sulfonamides is 1. The summed E-state index contributed by atoms with van der Waals surface area (Å²) in [5, 5.41) is 1.87. The molecule has 18 heavy (non-hydrogen) atoms. The second kappa shape index (κ2) is 5.49. The van der Waals surface area contributed by atoms with Gasteiger partial charge in [0.1, 0.15) is 4.90 Å². The number of nitrogens with zero attached hydrogens (tertiary/aromatic N) is 1. The minimum absolute atomic E-state index is 0.261. The van der Waals surface area contributed by atoms with Gasteiger partial charge in [-0.1, -0.05) is 6.92 Å². The Kier molecular flexibility index (Phi) is 4.36. The van der Waals surface area contributed by atoms with E-state index in [1.54, 1.807) is 4.31 Å². The molecule has 6 heteroatoms. The first-order valence-corrected chi connectivity index (χ1v) is 8.95. The first-order valence-electron chi connectivity index (χ1n) is 6.10. The van der Waals surface area contributed by atoms with E-state index in [4.69, 9.17) is 11.6 Å². The average molecular weight is 308 g/mol. The Hall–Kier alpha value is -0.100. The molecule has 1 aliphatic rings. The number of rotatable bonds is 3. The van der Waals surface area contributed by atoms with Gasteiger partial charge in [-0.05, 0) is 36.6 Å². The molecule has 1 saturated heterocycles. The number of aryl methyl sites for hydroxylation is 1. The van der Waals surface area contributed by atoms with E-state index in [0.717, 1.165) is 23.3 Å². The van der Waals surface area contributed by atoms with E-state index in [0.29, 0.717) is 23.9 Å². The van der Waals surface area contributed by atoms with Crippen LogP contribution in [0, 0.1) is 12.8 Å². The van der Waals surface area contributed by atoms with Crippen molar-refractivity contribution in [3.8, 4) is 0 Å². The number of alkyl halides is 1. The van der Waals surface area contributed by atoms with Crippen LogP contribution in [0.5, 0.6) is 0 Å². The fourth-order valence-corrected chi connectivity index (χ4v) is 5.76. The molecule has 1 fully saturated rings. The molecule has 0 aliphatic carbocycles. The van der Waals surface area contributed by atoms with Crippen molar-refractivity contribution in [3.63, 3.8) is 0 Å². The Morgan fingerprint density at radius 3 is 2.61 bits per heavy atom. The minimum Gasteiger partial charge on any atom is -0.207 e. The Bertz CT molecular complexity index is 516. The standard InChI is InChI=1S/C12H18ClNO2S2/c1-9-3-5-14(6-4-9)18(15,16)12-10(2)8-17-11(12)7-13/h8-9H,3-7H2,1-2H3. The van der Waals surface area contributed by atoms with Crippen LogP contribution < -0.4 is 0 Å². The summed E-state index contributed by atoms with van der Waals surface area (Å²) < 4.78 is 26.9. The van der Waals surface area contributed by atoms with Gasteiger partial charge in [0.15, 0.2) is 0 Å². The Labute approximate surface area is 118 Å². The van der Waals surface area contributed by atoms with E-state index >= 15 is 0 Å². The van der Waals surface area contributed by atoms with Crippen LogP contribution in [0.25, 0.3) is 0 Å². The van der Waals surface area contributed by atoms with E-state index in [-0.39, 0.29) is 5.88 Å². The molecule has 0 aromatic carbocycles. The lowest BCUT2D eigenvalue weighted by Gasteiger charge is -2.29. The van der Waals surface area contributed by atoms with Gasteiger partial charge >= 0.3 is 0 Å². The summed E-state index contributed by atoms with van der Waals surface area (Å²) in [6.07, 6.45) is 1.89. The molecule has 1 aliphatic heterocycles. The SMILES string of the molecule is Cc1csc(CCl)c1S(=O)(=O)N1CCC(C)CC1. The Morgan fingerprint density at radius 1 is 1.44 bits per heavy atom. The summed E-state index contributed by atoms with van der Waals surface area (Å²) in [5.41, 5.74) is 0.814. The lowest BCUT2D eigenvalue weighted by atomic mass is 10.0. The highest BCUT2D eigenvalue weighted by Crippen LogP contribution is 2.32. The summed E-state index contributed by atoms with van der Waals surface area (Å²) in [7, 11) is -3.36. The van der Waals surface area contributed by atoms with Crippen molar-refractivity contribution < 1.29 is 8.42 Å². The summed E-state index contributed by atoms with van der Waals surface area (Å²) in [5.74, 6) is 0.879. The zero-order valence-electron chi connectivity index (χ0n) is 10.6. The average Bonchev–Trinajstić information content (AvgIpc) is 2.71. The molecule has 0 N–H and O–H groups in total. The van der Waals surface area contributed by atoms with E-state index in [9.17, 15) is 8.42 Å². The van der Waals surface area contributed by atoms with Crippen LogP contribution in [0.15, 0.2) is 10.3 Å². The third kappa shape index (κ3) is 2.59. The predicted molar refractivity (Wildman–Crippen MR) is 75.8 cm³/mol. The van der Waals surface area contributed by atoms with E-state index in [1.165, 1.54) is 11.3 Å². The molecule has 3 nitrogen and oxygen atoms in total. The van der Waals surface area contributed by atoms with Crippen molar-refractivity contribution in [3.05, 3.63) is 15.8 Å². The zero-order valence-corrected chi connectivity index (χ0v) is 13.0. The maximum atomic E-state index is 12.6. The first-order chi connectivity index (χ1) is 8.46. The van der Waals surface area contributed by atoms with Crippen molar-refractivity contribution in [2.45, 2.75) is 37.5 Å². The van der Waals surface area contributed by atoms with Crippen LogP contribution in [-0.2, 0) is 15.9 Å². The van der Waals surface area contributed by atoms with Gasteiger partial charge in [-0.3, -0.25) is 0 Å². The molecule has 102 valence electrons. The van der Waals surface area contributed by atoms with Crippen molar-refractivity contribution in [2.24, 2.45) is 5.92 Å². The van der Waals surface area contributed by atoms with Crippen LogP contribution in [0.4, 0.5) is 0 Å². The molecule has 2 rings (SSSR count). The highest BCUT2D eigenvalue weighted by atomic mass is 35.5. The number of hydrogen-bond donors (Lipinski definition) is 0. The van der Waals surface area contributed by atoms with Gasteiger partial charge in [0, 0.05) is 18.0 Å². The van der Waals surface area contributed by atoms with Crippen LogP contribution in [0.2, 0.25) is 0 Å². The number of thiophene rings is 1. The minimum atomic E-state index is -3.36. The molecule has 0 amide bonds. The normalized spacial score (nSPS) is 19.3. The van der Waals surface area contributed by atoms with Gasteiger partial charge in [-0.2, -0.15) is 4.31 Å². The van der Waals surface area contributed by atoms with Gasteiger partial charge in [0.2, 0.25) is 10.0 Å². The molecule has 0 radical (unpaired) electrons. The molecule has 0 spiro atoms. The lowest BCUT2D eigenvalue weighted by molar-refractivity contribution is 0.288. The highest BCUT2D eigenvalue weighted by molar-refractivity contribution is 7.89. The van der Waals surface area contributed by atoms with Crippen molar-refractivity contribution in [1.82, 2.24) is 4.31 Å². The highest BCUT2D eigenvalue weighted by Gasteiger charge is 2.31. The van der Waals surface area contributed by atoms with Crippen molar-refractivity contribution in [2.75, 3.05) is 13.1 Å². The molecular formula is C12H18ClNO2S2. The quantitative estimate of drug-likeness (QED) is 0.804. The summed E-state index contributed by atoms with van der Waals surface area (Å²) in [4.78, 5) is 1.20. The molecule has 0 bridgehead atoms. The predicted octanol–water partition coefficient (Wildman–Crippen LogP) is 3.22. The number of halogens is 1. The summed E-state index contributed by atoms with van der Waals surface area (Å²) >= 11 is 7.27. The van der Waals surface area contributed by atoms with Gasteiger partial charge in [0.05, 0.1) is 5.88 Å². The third-order valence-electron chi connectivity index (χ3n) is 3.45. The van der Waals surface area contributed by atoms with E-state index in [1.807, 2.05) is 12.3 Å². The topological polar surface area (TPSA) is 37.4 Å². The molecule has 0 atom stereocenters. The van der Waals surface area contributed by atoms with Gasteiger partial charge in [0.25, 0.3) is 0 Å².